The number of fused-ring (bicyclic) bond motifs is 1. The van der Waals surface area contributed by atoms with Gasteiger partial charge in [-0.2, -0.15) is 0 Å². The number of amides is 3. The van der Waals surface area contributed by atoms with Crippen molar-refractivity contribution < 1.29 is 28.9 Å². The van der Waals surface area contributed by atoms with Gasteiger partial charge in [0.15, 0.2) is 18.1 Å². The Morgan fingerprint density at radius 1 is 1.15 bits per heavy atom. The third-order valence-corrected chi connectivity index (χ3v) is 4.21. The lowest BCUT2D eigenvalue weighted by Crippen LogP contribution is -2.37. The van der Waals surface area contributed by atoms with E-state index in [9.17, 15) is 14.7 Å². The number of imide groups is 1. The fourth-order valence-corrected chi connectivity index (χ4v) is 2.59. The zero-order chi connectivity index (χ0) is 18.5. The Balaban J connectivity index is 1.49. The maximum Gasteiger partial charge on any atom is 0.325 e. The number of hydrogen-bond donors (Lipinski definition) is 3. The van der Waals surface area contributed by atoms with Gasteiger partial charge in [0.05, 0.1) is 6.61 Å². The average molecular weight is 423 g/mol. The Labute approximate surface area is 157 Å². The highest BCUT2D eigenvalue weighted by Gasteiger charge is 2.15. The summed E-state index contributed by atoms with van der Waals surface area (Å²) >= 11 is 3.28. The number of urea groups is 1. The molecule has 136 valence electrons. The van der Waals surface area contributed by atoms with Gasteiger partial charge in [-0.25, -0.2) is 4.79 Å². The molecule has 1 aliphatic rings. The van der Waals surface area contributed by atoms with Crippen LogP contribution < -0.4 is 24.8 Å². The van der Waals surface area contributed by atoms with Crippen LogP contribution in [0.3, 0.4) is 0 Å². The van der Waals surface area contributed by atoms with E-state index in [2.05, 4.69) is 26.6 Å². The summed E-state index contributed by atoms with van der Waals surface area (Å²) < 4.78 is 16.5. The topological polar surface area (TPSA) is 106 Å². The van der Waals surface area contributed by atoms with Crippen LogP contribution >= 0.6 is 15.9 Å². The molecule has 0 bridgehead atoms. The van der Waals surface area contributed by atoms with E-state index in [0.717, 1.165) is 4.47 Å². The van der Waals surface area contributed by atoms with Crippen molar-refractivity contribution in [2.45, 2.75) is 6.61 Å². The average Bonchev–Trinajstić information content (AvgIpc) is 3.09. The lowest BCUT2D eigenvalue weighted by atomic mass is 10.2. The number of anilines is 1. The van der Waals surface area contributed by atoms with E-state index in [4.69, 9.17) is 14.2 Å². The molecule has 2 aromatic carbocycles. The second-order valence-corrected chi connectivity index (χ2v) is 6.12. The fraction of sp³-hybridized carbons (Fsp3) is 0.176. The van der Waals surface area contributed by atoms with Crippen molar-refractivity contribution in [2.75, 3.05) is 18.7 Å². The summed E-state index contributed by atoms with van der Waals surface area (Å²) in [7, 11) is 0. The first-order valence-corrected chi connectivity index (χ1v) is 8.37. The van der Waals surface area contributed by atoms with Crippen LogP contribution in [0.15, 0.2) is 40.9 Å². The number of hydrogen-bond acceptors (Lipinski definition) is 6. The molecule has 0 unspecified atom stereocenters. The van der Waals surface area contributed by atoms with Crippen molar-refractivity contribution in [3.63, 3.8) is 0 Å². The Morgan fingerprint density at radius 2 is 1.96 bits per heavy atom. The van der Waals surface area contributed by atoms with E-state index in [0.29, 0.717) is 28.5 Å². The van der Waals surface area contributed by atoms with E-state index in [1.54, 1.807) is 36.4 Å². The third kappa shape index (κ3) is 4.44. The normalized spacial score (nSPS) is 11.8. The van der Waals surface area contributed by atoms with Gasteiger partial charge in [0.25, 0.3) is 5.91 Å². The largest absolute Gasteiger partial charge is 0.484 e. The number of ether oxygens (including phenoxy) is 3. The molecule has 0 atom stereocenters. The first-order valence-electron chi connectivity index (χ1n) is 7.58. The molecule has 0 spiro atoms. The molecule has 0 radical (unpaired) electrons. The molecule has 0 fully saturated rings. The van der Waals surface area contributed by atoms with Gasteiger partial charge in [-0.05, 0) is 35.9 Å². The molecule has 3 amide bonds. The van der Waals surface area contributed by atoms with Gasteiger partial charge >= 0.3 is 6.03 Å². The molecule has 9 heteroatoms. The van der Waals surface area contributed by atoms with Crippen molar-refractivity contribution in [1.29, 1.82) is 0 Å². The third-order valence-electron chi connectivity index (χ3n) is 3.44. The molecule has 0 aromatic heterocycles. The number of nitrogens with one attached hydrogen (secondary N) is 2. The van der Waals surface area contributed by atoms with Crippen LogP contribution in [-0.2, 0) is 11.4 Å². The van der Waals surface area contributed by atoms with Crippen LogP contribution in [0, 0.1) is 0 Å². The van der Waals surface area contributed by atoms with Crippen LogP contribution in [0.5, 0.6) is 17.2 Å². The lowest BCUT2D eigenvalue weighted by Gasteiger charge is -2.10. The number of halogens is 1. The van der Waals surface area contributed by atoms with Gasteiger partial charge in [0, 0.05) is 16.2 Å². The predicted octanol–water partition coefficient (Wildman–Crippen LogP) is 2.40. The minimum absolute atomic E-state index is 0.146. The number of benzene rings is 2. The molecule has 1 heterocycles. The van der Waals surface area contributed by atoms with E-state index < -0.39 is 11.9 Å². The van der Waals surface area contributed by atoms with E-state index in [1.807, 2.05) is 0 Å². The van der Waals surface area contributed by atoms with Crippen molar-refractivity contribution >= 4 is 33.6 Å². The zero-order valence-electron chi connectivity index (χ0n) is 13.5. The van der Waals surface area contributed by atoms with Crippen molar-refractivity contribution in [3.05, 3.63) is 46.4 Å². The molecule has 3 N–H and O–H groups in total. The molecule has 0 aliphatic carbocycles. The summed E-state index contributed by atoms with van der Waals surface area (Å²) in [6.45, 7) is -0.372. The summed E-state index contributed by atoms with van der Waals surface area (Å²) in [5.41, 5.74) is 1.06. The molecule has 8 nitrogen and oxygen atoms in total. The van der Waals surface area contributed by atoms with Gasteiger partial charge in [-0.1, -0.05) is 15.9 Å². The van der Waals surface area contributed by atoms with E-state index in [1.165, 1.54) is 0 Å². The zero-order valence-corrected chi connectivity index (χ0v) is 15.0. The highest BCUT2D eigenvalue weighted by Crippen LogP contribution is 2.35. The number of aliphatic hydroxyl groups is 1. The van der Waals surface area contributed by atoms with Gasteiger partial charge in [-0.3, -0.25) is 10.1 Å². The summed E-state index contributed by atoms with van der Waals surface area (Å²) in [6, 6.07) is 9.14. The monoisotopic (exact) mass is 422 g/mol. The van der Waals surface area contributed by atoms with Gasteiger partial charge in [0.1, 0.15) is 5.75 Å². The number of carbonyl (C=O) groups is 2. The predicted molar refractivity (Wildman–Crippen MR) is 95.3 cm³/mol. The van der Waals surface area contributed by atoms with Crippen LogP contribution in [0.25, 0.3) is 0 Å². The Morgan fingerprint density at radius 3 is 2.77 bits per heavy atom. The number of carbonyl (C=O) groups excluding carboxylic acids is 2. The van der Waals surface area contributed by atoms with Crippen LogP contribution in [0.4, 0.5) is 10.5 Å². The number of aliphatic hydroxyl groups excluding tert-OH is 1. The number of rotatable bonds is 5. The Bertz CT molecular complexity index is 842. The summed E-state index contributed by atoms with van der Waals surface area (Å²) in [5, 5.41) is 13.9. The highest BCUT2D eigenvalue weighted by atomic mass is 79.9. The van der Waals surface area contributed by atoms with Crippen molar-refractivity contribution in [3.8, 4) is 17.2 Å². The van der Waals surface area contributed by atoms with Crippen molar-refractivity contribution in [1.82, 2.24) is 5.32 Å². The molecule has 26 heavy (non-hydrogen) atoms. The first-order chi connectivity index (χ1) is 12.5. The van der Waals surface area contributed by atoms with Crippen molar-refractivity contribution in [2.24, 2.45) is 0 Å². The van der Waals surface area contributed by atoms with Crippen LogP contribution in [0.2, 0.25) is 0 Å². The lowest BCUT2D eigenvalue weighted by molar-refractivity contribution is -0.121. The fourth-order valence-electron chi connectivity index (χ4n) is 2.21. The second kappa shape index (κ2) is 8.07. The van der Waals surface area contributed by atoms with Crippen LogP contribution in [-0.4, -0.2) is 30.4 Å². The standard InChI is InChI=1S/C17H15BrN2O6/c18-13-3-1-11(5-10(13)7-21)19-17(23)20-16(22)8-24-12-2-4-14-15(6-12)26-9-25-14/h1-6,21H,7-9H2,(H2,19,20,22,23). The summed E-state index contributed by atoms with van der Waals surface area (Å²) in [6.07, 6.45) is 0. The van der Waals surface area contributed by atoms with E-state index in [-0.39, 0.29) is 20.0 Å². The molecule has 0 saturated carbocycles. The van der Waals surface area contributed by atoms with Gasteiger partial charge in [0.2, 0.25) is 6.79 Å². The molecular formula is C17H15BrN2O6. The molecular weight excluding hydrogens is 408 g/mol. The second-order valence-electron chi connectivity index (χ2n) is 5.27. The van der Waals surface area contributed by atoms with E-state index >= 15 is 0 Å². The molecule has 1 aliphatic heterocycles. The van der Waals surface area contributed by atoms with Crippen LogP contribution in [0.1, 0.15) is 5.56 Å². The maximum atomic E-state index is 11.9. The quantitative estimate of drug-likeness (QED) is 0.682. The first kappa shape index (κ1) is 18.0. The molecule has 0 saturated heterocycles. The minimum atomic E-state index is -0.699. The molecule has 3 rings (SSSR count). The smallest absolute Gasteiger partial charge is 0.325 e. The maximum absolute atomic E-state index is 11.9. The Kier molecular flexibility index (Phi) is 5.59. The summed E-state index contributed by atoms with van der Waals surface area (Å²) in [4.78, 5) is 23.7. The minimum Gasteiger partial charge on any atom is -0.484 e. The van der Waals surface area contributed by atoms with Gasteiger partial charge < -0.3 is 24.6 Å². The SMILES string of the molecule is O=C(COc1ccc2c(c1)OCO2)NC(=O)Nc1ccc(Br)c(CO)c1. The Hall–Kier alpha value is -2.78. The van der Waals surface area contributed by atoms with Gasteiger partial charge in [-0.15, -0.1) is 0 Å². The summed E-state index contributed by atoms with van der Waals surface area (Å²) in [5.74, 6) is 0.957. The molecule has 2 aromatic rings. The highest BCUT2D eigenvalue weighted by molar-refractivity contribution is 9.10.